The lowest BCUT2D eigenvalue weighted by Crippen LogP contribution is -1.80. The van der Waals surface area contributed by atoms with E-state index >= 15 is 0 Å². The zero-order valence-electron chi connectivity index (χ0n) is 5.18. The van der Waals surface area contributed by atoms with Gasteiger partial charge in [0.2, 0.25) is 6.29 Å². The van der Waals surface area contributed by atoms with Gasteiger partial charge in [0.25, 0.3) is 0 Å². The predicted molar refractivity (Wildman–Crippen MR) is 38.5 cm³/mol. The van der Waals surface area contributed by atoms with Gasteiger partial charge < -0.3 is 0 Å². The van der Waals surface area contributed by atoms with Gasteiger partial charge in [-0.3, -0.25) is 4.79 Å². The lowest BCUT2D eigenvalue weighted by Gasteiger charge is -1.86. The van der Waals surface area contributed by atoms with E-state index in [4.69, 9.17) is 0 Å². The minimum absolute atomic E-state index is 0.748. The monoisotopic (exact) mass is 139 g/mol. The summed E-state index contributed by atoms with van der Waals surface area (Å²) >= 11 is 1.45. The van der Waals surface area contributed by atoms with E-state index in [0.29, 0.717) is 0 Å². The Kier molecular flexibility index (Phi) is 2.01. The lowest BCUT2D eigenvalue weighted by atomic mass is 10.2. The minimum atomic E-state index is 0.748. The summed E-state index contributed by atoms with van der Waals surface area (Å²) in [6.45, 7) is 2.03. The fraction of sp³-hybridized carbons (Fsp3) is 0.286. The lowest BCUT2D eigenvalue weighted by molar-refractivity contribution is 0.563. The molecule has 0 aliphatic heterocycles. The molecule has 0 spiro atoms. The molecule has 0 aromatic carbocycles. The summed E-state index contributed by atoms with van der Waals surface area (Å²) in [4.78, 5) is 10.9. The molecular weight excluding hydrogens is 132 g/mol. The quantitative estimate of drug-likeness (QED) is 0.610. The highest BCUT2D eigenvalue weighted by Crippen LogP contribution is 2.13. The molecule has 2 heteroatoms. The summed E-state index contributed by atoms with van der Waals surface area (Å²) in [7, 11) is 0. The van der Waals surface area contributed by atoms with Crippen LogP contribution in [0.1, 0.15) is 17.4 Å². The van der Waals surface area contributed by atoms with Gasteiger partial charge in [-0.15, -0.1) is 11.3 Å². The van der Waals surface area contributed by atoms with Gasteiger partial charge in [0, 0.05) is 0 Å². The Labute approximate surface area is 58.3 Å². The van der Waals surface area contributed by atoms with Crippen LogP contribution in [0.5, 0.6) is 0 Å². The summed E-state index contributed by atoms with van der Waals surface area (Å²) < 4.78 is 0. The maximum Gasteiger partial charge on any atom is 0.244 e. The fourth-order valence-electron chi connectivity index (χ4n) is 0.704. The molecule has 0 atom stereocenters. The molecule has 0 saturated carbocycles. The first kappa shape index (κ1) is 6.49. The molecule has 47 valence electrons. The highest BCUT2D eigenvalue weighted by atomic mass is 32.1. The Bertz CT molecular complexity index is 202. The van der Waals surface area contributed by atoms with Crippen LogP contribution in [0, 0.1) is 0 Å². The van der Waals surface area contributed by atoms with Crippen molar-refractivity contribution >= 4 is 17.6 Å². The summed E-state index contributed by atoms with van der Waals surface area (Å²) in [6, 6.07) is 1.96. The molecule has 0 N–H and O–H groups in total. The van der Waals surface area contributed by atoms with Crippen LogP contribution in [0.4, 0.5) is 0 Å². The first-order valence-corrected chi connectivity index (χ1v) is 3.71. The third kappa shape index (κ3) is 1.19. The van der Waals surface area contributed by atoms with E-state index in [1.807, 2.05) is 24.7 Å². The Hall–Kier alpha value is -0.630. The molecular formula is C7H7OS. The van der Waals surface area contributed by atoms with Crippen molar-refractivity contribution in [3.8, 4) is 0 Å². The normalized spacial score (nSPS) is 9.44. The average Bonchev–Trinajstić information content (AvgIpc) is 2.33. The molecule has 1 rings (SSSR count). The number of thiophene rings is 1. The van der Waals surface area contributed by atoms with Crippen LogP contribution in [-0.4, -0.2) is 6.29 Å². The van der Waals surface area contributed by atoms with E-state index in [2.05, 4.69) is 0 Å². The Morgan fingerprint density at radius 2 is 2.56 bits per heavy atom. The van der Waals surface area contributed by atoms with E-state index < -0.39 is 0 Å². The predicted octanol–water partition coefficient (Wildman–Crippen LogP) is 1.77. The van der Waals surface area contributed by atoms with Crippen LogP contribution < -0.4 is 0 Å². The number of aryl methyl sites for hydroxylation is 1. The van der Waals surface area contributed by atoms with Crippen LogP contribution >= 0.6 is 11.3 Å². The van der Waals surface area contributed by atoms with Crippen molar-refractivity contribution in [3.05, 3.63) is 21.9 Å². The second-order valence-corrected chi connectivity index (χ2v) is 2.65. The maximum absolute atomic E-state index is 10.1. The second-order valence-electron chi connectivity index (χ2n) is 1.73. The second kappa shape index (κ2) is 2.78. The number of carbonyl (C=O) groups excluding carboxylic acids is 1. The van der Waals surface area contributed by atoms with Crippen LogP contribution in [0.3, 0.4) is 0 Å². The molecule has 0 aliphatic carbocycles. The molecule has 1 nitrogen and oxygen atoms in total. The van der Waals surface area contributed by atoms with Gasteiger partial charge in [-0.1, -0.05) is 6.92 Å². The molecule has 0 amide bonds. The van der Waals surface area contributed by atoms with E-state index in [9.17, 15) is 4.79 Å². The van der Waals surface area contributed by atoms with E-state index in [1.165, 1.54) is 11.3 Å². The molecule has 1 aromatic rings. The summed E-state index contributed by atoms with van der Waals surface area (Å²) in [5, 5.41) is 1.92. The Morgan fingerprint density at radius 1 is 1.78 bits per heavy atom. The zero-order chi connectivity index (χ0) is 6.69. The number of hydrogen-bond acceptors (Lipinski definition) is 2. The van der Waals surface area contributed by atoms with Crippen LogP contribution in [0.25, 0.3) is 0 Å². The van der Waals surface area contributed by atoms with Gasteiger partial charge in [0.15, 0.2) is 0 Å². The summed E-state index contributed by atoms with van der Waals surface area (Å²) in [5.41, 5.74) is 1.11. The molecule has 0 aliphatic rings. The number of hydrogen-bond donors (Lipinski definition) is 0. The van der Waals surface area contributed by atoms with Gasteiger partial charge in [-0.2, -0.15) is 0 Å². The molecule has 0 fully saturated rings. The smallest absolute Gasteiger partial charge is 0.244 e. The van der Waals surface area contributed by atoms with Gasteiger partial charge in [0.05, 0.1) is 4.88 Å². The average molecular weight is 139 g/mol. The van der Waals surface area contributed by atoms with Gasteiger partial charge in [0.1, 0.15) is 0 Å². The van der Waals surface area contributed by atoms with Crippen molar-refractivity contribution in [3.63, 3.8) is 0 Å². The van der Waals surface area contributed by atoms with Crippen molar-refractivity contribution in [2.75, 3.05) is 0 Å². The maximum atomic E-state index is 10.1. The molecule has 0 saturated heterocycles. The van der Waals surface area contributed by atoms with Crippen molar-refractivity contribution in [1.29, 1.82) is 0 Å². The molecule has 1 radical (unpaired) electrons. The van der Waals surface area contributed by atoms with Crippen molar-refractivity contribution in [2.24, 2.45) is 0 Å². The summed E-state index contributed by atoms with van der Waals surface area (Å²) in [6.07, 6.45) is 2.82. The third-order valence-electron chi connectivity index (χ3n) is 1.22. The Morgan fingerprint density at radius 3 is 3.00 bits per heavy atom. The molecule has 0 bridgehead atoms. The van der Waals surface area contributed by atoms with Crippen molar-refractivity contribution in [2.45, 2.75) is 13.3 Å². The standard InChI is InChI=1S/C7H7OS/c1-2-6-3-4-9-7(6)5-8/h3-4H,2H2,1H3. The van der Waals surface area contributed by atoms with E-state index in [-0.39, 0.29) is 0 Å². The number of rotatable bonds is 2. The SMILES string of the molecule is CCc1ccsc1[C]=O. The molecule has 1 heterocycles. The zero-order valence-corrected chi connectivity index (χ0v) is 5.99. The Balaban J connectivity index is 2.98. The van der Waals surface area contributed by atoms with Crippen molar-refractivity contribution < 1.29 is 4.79 Å². The highest BCUT2D eigenvalue weighted by molar-refractivity contribution is 7.11. The highest BCUT2D eigenvalue weighted by Gasteiger charge is 1.98. The largest absolute Gasteiger partial charge is 0.284 e. The van der Waals surface area contributed by atoms with Crippen molar-refractivity contribution in [1.82, 2.24) is 0 Å². The first-order valence-electron chi connectivity index (χ1n) is 2.83. The van der Waals surface area contributed by atoms with E-state index in [1.54, 1.807) is 0 Å². The third-order valence-corrected chi connectivity index (χ3v) is 2.07. The molecule has 1 aromatic heterocycles. The first-order chi connectivity index (χ1) is 4.38. The van der Waals surface area contributed by atoms with Crippen LogP contribution in [0.2, 0.25) is 0 Å². The topological polar surface area (TPSA) is 17.1 Å². The minimum Gasteiger partial charge on any atom is -0.284 e. The van der Waals surface area contributed by atoms with E-state index in [0.717, 1.165) is 16.9 Å². The summed E-state index contributed by atoms with van der Waals surface area (Å²) in [5.74, 6) is 0. The van der Waals surface area contributed by atoms with Crippen LogP contribution in [0.15, 0.2) is 11.4 Å². The van der Waals surface area contributed by atoms with Gasteiger partial charge in [-0.25, -0.2) is 0 Å². The molecule has 0 unspecified atom stereocenters. The molecule has 9 heavy (non-hydrogen) atoms. The van der Waals surface area contributed by atoms with Gasteiger partial charge in [-0.05, 0) is 23.4 Å². The van der Waals surface area contributed by atoms with Gasteiger partial charge >= 0.3 is 0 Å². The van der Waals surface area contributed by atoms with Crippen LogP contribution in [-0.2, 0) is 11.2 Å². The fourth-order valence-corrected chi connectivity index (χ4v) is 1.48.